The zero-order chi connectivity index (χ0) is 14.8. The maximum absolute atomic E-state index is 13.2. The van der Waals surface area contributed by atoms with Crippen LogP contribution in [0.5, 0.6) is 0 Å². The van der Waals surface area contributed by atoms with E-state index in [0.717, 1.165) is 18.4 Å². The van der Waals surface area contributed by atoms with E-state index in [4.69, 9.17) is 0 Å². The van der Waals surface area contributed by atoms with E-state index in [-0.39, 0.29) is 23.6 Å². The summed E-state index contributed by atoms with van der Waals surface area (Å²) < 4.78 is 13.2. The predicted octanol–water partition coefficient (Wildman–Crippen LogP) is 3.87. The topological polar surface area (TPSA) is 29.1 Å². The van der Waals surface area contributed by atoms with Crippen LogP contribution in [0.2, 0.25) is 0 Å². The first-order valence-corrected chi connectivity index (χ1v) is 8.15. The molecule has 2 atom stereocenters. The molecule has 0 spiro atoms. The zero-order valence-electron chi connectivity index (χ0n) is 11.9. The van der Waals surface area contributed by atoms with Gasteiger partial charge >= 0.3 is 0 Å². The SMILES string of the molecule is CCc1ccsc1CNC(=O)[C@H]1C[C@@H]1c1cccc(F)c1. The van der Waals surface area contributed by atoms with Crippen molar-refractivity contribution in [1.29, 1.82) is 0 Å². The van der Waals surface area contributed by atoms with Gasteiger partial charge in [-0.25, -0.2) is 4.39 Å². The number of thiophene rings is 1. The molecular weight excluding hydrogens is 285 g/mol. The molecular formula is C17H18FNOS. The van der Waals surface area contributed by atoms with Crippen LogP contribution in [0.4, 0.5) is 4.39 Å². The number of aryl methyl sites for hydroxylation is 1. The van der Waals surface area contributed by atoms with Crippen molar-refractivity contribution in [1.82, 2.24) is 5.32 Å². The molecule has 1 saturated carbocycles. The smallest absolute Gasteiger partial charge is 0.224 e. The van der Waals surface area contributed by atoms with E-state index in [0.29, 0.717) is 6.54 Å². The fourth-order valence-corrected chi connectivity index (χ4v) is 3.64. The second-order valence-corrected chi connectivity index (χ2v) is 6.44. The van der Waals surface area contributed by atoms with Gasteiger partial charge in [-0.3, -0.25) is 4.79 Å². The van der Waals surface area contributed by atoms with E-state index in [1.807, 2.05) is 6.07 Å². The summed E-state index contributed by atoms with van der Waals surface area (Å²) in [5.41, 5.74) is 2.23. The number of nitrogens with one attached hydrogen (secondary N) is 1. The minimum absolute atomic E-state index is 0.00293. The Morgan fingerprint density at radius 2 is 2.29 bits per heavy atom. The summed E-state index contributed by atoms with van der Waals surface area (Å²) >= 11 is 1.68. The third-order valence-electron chi connectivity index (χ3n) is 4.05. The highest BCUT2D eigenvalue weighted by Crippen LogP contribution is 2.47. The van der Waals surface area contributed by atoms with Gasteiger partial charge in [-0.15, -0.1) is 11.3 Å². The largest absolute Gasteiger partial charge is 0.351 e. The van der Waals surface area contributed by atoms with E-state index in [1.54, 1.807) is 17.4 Å². The zero-order valence-corrected chi connectivity index (χ0v) is 12.8. The van der Waals surface area contributed by atoms with Crippen molar-refractivity contribution >= 4 is 17.2 Å². The van der Waals surface area contributed by atoms with Gasteiger partial charge in [-0.2, -0.15) is 0 Å². The molecule has 0 saturated heterocycles. The van der Waals surface area contributed by atoms with Crippen LogP contribution in [0, 0.1) is 11.7 Å². The van der Waals surface area contributed by atoms with Gasteiger partial charge in [0.1, 0.15) is 5.82 Å². The molecule has 2 nitrogen and oxygen atoms in total. The van der Waals surface area contributed by atoms with Crippen LogP contribution in [-0.2, 0) is 17.8 Å². The Kier molecular flexibility index (Phi) is 4.06. The van der Waals surface area contributed by atoms with Gasteiger partial charge < -0.3 is 5.32 Å². The highest BCUT2D eigenvalue weighted by molar-refractivity contribution is 7.10. The second-order valence-electron chi connectivity index (χ2n) is 5.44. The van der Waals surface area contributed by atoms with E-state index in [1.165, 1.54) is 22.6 Å². The molecule has 2 aromatic rings. The summed E-state index contributed by atoms with van der Waals surface area (Å²) in [6.07, 6.45) is 1.81. The third-order valence-corrected chi connectivity index (χ3v) is 5.01. The van der Waals surface area contributed by atoms with Crippen LogP contribution in [0.1, 0.15) is 35.3 Å². The number of carbonyl (C=O) groups excluding carboxylic acids is 1. The minimum Gasteiger partial charge on any atom is -0.351 e. The molecule has 1 N–H and O–H groups in total. The fourth-order valence-electron chi connectivity index (χ4n) is 2.73. The van der Waals surface area contributed by atoms with Crippen LogP contribution in [0.15, 0.2) is 35.7 Å². The van der Waals surface area contributed by atoms with Gasteiger partial charge in [0, 0.05) is 10.8 Å². The lowest BCUT2D eigenvalue weighted by molar-refractivity contribution is -0.122. The third kappa shape index (κ3) is 3.16. The maximum Gasteiger partial charge on any atom is 0.224 e. The molecule has 1 aliphatic rings. The highest BCUT2D eigenvalue weighted by Gasteiger charge is 2.43. The summed E-state index contributed by atoms with van der Waals surface area (Å²) in [5.74, 6) is 0.0240. The van der Waals surface area contributed by atoms with Crippen molar-refractivity contribution in [2.45, 2.75) is 32.2 Å². The normalized spacial score (nSPS) is 20.3. The molecule has 1 fully saturated rings. The van der Waals surface area contributed by atoms with Crippen molar-refractivity contribution in [2.24, 2.45) is 5.92 Å². The summed E-state index contributed by atoms with van der Waals surface area (Å²) in [4.78, 5) is 13.4. The number of hydrogen-bond acceptors (Lipinski definition) is 2. The molecule has 1 heterocycles. The minimum atomic E-state index is -0.232. The Hall–Kier alpha value is -1.68. The number of carbonyl (C=O) groups is 1. The quantitative estimate of drug-likeness (QED) is 0.892. The lowest BCUT2D eigenvalue weighted by atomic mass is 10.1. The van der Waals surface area contributed by atoms with Gasteiger partial charge in [-0.05, 0) is 53.5 Å². The van der Waals surface area contributed by atoms with Crippen LogP contribution in [-0.4, -0.2) is 5.91 Å². The van der Waals surface area contributed by atoms with Gasteiger partial charge in [0.15, 0.2) is 0 Å². The Balaban J connectivity index is 1.56. The molecule has 3 rings (SSSR count). The molecule has 4 heteroatoms. The molecule has 0 unspecified atom stereocenters. The standard InChI is InChI=1S/C17H18FNOS/c1-2-11-6-7-21-16(11)10-19-17(20)15-9-14(15)12-4-3-5-13(18)8-12/h3-8,14-15H,2,9-10H2,1H3,(H,19,20)/t14-,15+/m1/s1. The van der Waals surface area contributed by atoms with Crippen molar-refractivity contribution in [2.75, 3.05) is 0 Å². The summed E-state index contributed by atoms with van der Waals surface area (Å²) in [5, 5.41) is 5.08. The lowest BCUT2D eigenvalue weighted by Crippen LogP contribution is -2.24. The van der Waals surface area contributed by atoms with Crippen LogP contribution >= 0.6 is 11.3 Å². The van der Waals surface area contributed by atoms with Crippen molar-refractivity contribution in [3.8, 4) is 0 Å². The maximum atomic E-state index is 13.2. The average molecular weight is 303 g/mol. The number of halogens is 1. The molecule has 1 aromatic heterocycles. The molecule has 0 radical (unpaired) electrons. The van der Waals surface area contributed by atoms with E-state index >= 15 is 0 Å². The fraction of sp³-hybridized carbons (Fsp3) is 0.353. The molecule has 0 aliphatic heterocycles. The van der Waals surface area contributed by atoms with Crippen molar-refractivity contribution < 1.29 is 9.18 Å². The van der Waals surface area contributed by atoms with Crippen LogP contribution in [0.3, 0.4) is 0 Å². The summed E-state index contributed by atoms with van der Waals surface area (Å²) in [6, 6.07) is 8.68. The Bertz CT molecular complexity index is 652. The lowest BCUT2D eigenvalue weighted by Gasteiger charge is -2.05. The van der Waals surface area contributed by atoms with E-state index in [2.05, 4.69) is 23.7 Å². The van der Waals surface area contributed by atoms with Crippen molar-refractivity contribution in [3.63, 3.8) is 0 Å². The number of amides is 1. The Labute approximate surface area is 128 Å². The predicted molar refractivity (Wildman–Crippen MR) is 82.8 cm³/mol. The first-order valence-electron chi connectivity index (χ1n) is 7.27. The molecule has 1 amide bonds. The monoisotopic (exact) mass is 303 g/mol. The summed E-state index contributed by atoms with van der Waals surface area (Å²) in [6.45, 7) is 2.72. The Morgan fingerprint density at radius 3 is 3.05 bits per heavy atom. The molecule has 1 aliphatic carbocycles. The Morgan fingerprint density at radius 1 is 1.43 bits per heavy atom. The van der Waals surface area contributed by atoms with E-state index < -0.39 is 0 Å². The van der Waals surface area contributed by atoms with Gasteiger partial charge in [-0.1, -0.05) is 19.1 Å². The van der Waals surface area contributed by atoms with Gasteiger partial charge in [0.2, 0.25) is 5.91 Å². The highest BCUT2D eigenvalue weighted by atomic mass is 32.1. The van der Waals surface area contributed by atoms with Gasteiger partial charge in [0.05, 0.1) is 6.54 Å². The molecule has 110 valence electrons. The summed E-state index contributed by atoms with van der Waals surface area (Å²) in [7, 11) is 0. The first-order chi connectivity index (χ1) is 10.2. The van der Waals surface area contributed by atoms with Gasteiger partial charge in [0.25, 0.3) is 0 Å². The first kappa shape index (κ1) is 14.3. The number of benzene rings is 1. The van der Waals surface area contributed by atoms with Crippen LogP contribution in [0.25, 0.3) is 0 Å². The van der Waals surface area contributed by atoms with E-state index in [9.17, 15) is 9.18 Å². The number of rotatable bonds is 5. The average Bonchev–Trinajstić information content (AvgIpc) is 3.16. The second kappa shape index (κ2) is 5.98. The van der Waals surface area contributed by atoms with Crippen molar-refractivity contribution in [3.05, 3.63) is 57.5 Å². The molecule has 0 bridgehead atoms. The number of hydrogen-bond donors (Lipinski definition) is 1. The van der Waals surface area contributed by atoms with Crippen LogP contribution < -0.4 is 5.32 Å². The molecule has 21 heavy (non-hydrogen) atoms. The molecule has 1 aromatic carbocycles.